The second-order valence-corrected chi connectivity index (χ2v) is 6.30. The van der Waals surface area contributed by atoms with Crippen LogP contribution < -0.4 is 16.4 Å². The topological polar surface area (TPSA) is 84.2 Å². The number of anilines is 1. The van der Waals surface area contributed by atoms with Crippen LogP contribution in [0.3, 0.4) is 0 Å². The van der Waals surface area contributed by atoms with Crippen molar-refractivity contribution in [3.63, 3.8) is 0 Å². The summed E-state index contributed by atoms with van der Waals surface area (Å²) in [6.45, 7) is 9.97. The van der Waals surface area contributed by atoms with Crippen molar-refractivity contribution >= 4 is 17.5 Å². The number of carbonyl (C=O) groups excluding carboxylic acids is 2. The largest absolute Gasteiger partial charge is 0.350 e. The highest BCUT2D eigenvalue weighted by molar-refractivity contribution is 5.98. The van der Waals surface area contributed by atoms with E-state index in [1.54, 1.807) is 12.1 Å². The van der Waals surface area contributed by atoms with Gasteiger partial charge < -0.3 is 16.4 Å². The molecule has 0 fully saturated rings. The maximum absolute atomic E-state index is 12.5. The zero-order valence-electron chi connectivity index (χ0n) is 14.8. The number of carbonyl (C=O) groups is 2. The number of rotatable bonds is 7. The van der Waals surface area contributed by atoms with Crippen LogP contribution in [0.4, 0.5) is 5.69 Å². The number of nitrogens with two attached hydrogens (primary N) is 1. The summed E-state index contributed by atoms with van der Waals surface area (Å²) in [4.78, 5) is 24.6. The first-order valence-electron chi connectivity index (χ1n) is 8.22. The third kappa shape index (κ3) is 4.55. The molecular weight excluding hydrogens is 290 g/mol. The molecule has 4 N–H and O–H groups in total. The Morgan fingerprint density at radius 3 is 2.26 bits per heavy atom. The van der Waals surface area contributed by atoms with Crippen LogP contribution in [-0.2, 0) is 4.79 Å². The van der Waals surface area contributed by atoms with Crippen molar-refractivity contribution in [2.45, 2.75) is 53.5 Å². The van der Waals surface area contributed by atoms with Crippen molar-refractivity contribution in [3.05, 3.63) is 29.3 Å². The highest BCUT2D eigenvalue weighted by atomic mass is 16.2. The zero-order valence-corrected chi connectivity index (χ0v) is 14.8. The molecular formula is C18H29N3O2. The predicted octanol–water partition coefficient (Wildman–Crippen LogP) is 2.84. The van der Waals surface area contributed by atoms with Crippen molar-refractivity contribution in [1.82, 2.24) is 5.32 Å². The van der Waals surface area contributed by atoms with Crippen molar-refractivity contribution in [1.29, 1.82) is 0 Å². The minimum Gasteiger partial charge on any atom is -0.350 e. The molecule has 1 aromatic rings. The summed E-state index contributed by atoms with van der Waals surface area (Å²) in [5, 5.41) is 5.80. The van der Waals surface area contributed by atoms with E-state index in [4.69, 9.17) is 5.73 Å². The number of hydrogen-bond donors (Lipinski definition) is 3. The van der Waals surface area contributed by atoms with Crippen LogP contribution >= 0.6 is 0 Å². The van der Waals surface area contributed by atoms with Crippen LogP contribution in [0, 0.1) is 12.3 Å². The first kappa shape index (κ1) is 19.2. The Morgan fingerprint density at radius 1 is 1.22 bits per heavy atom. The lowest BCUT2D eigenvalue weighted by Gasteiger charge is -2.28. The maximum Gasteiger partial charge on any atom is 0.251 e. The van der Waals surface area contributed by atoms with Crippen LogP contribution in [0.25, 0.3) is 0 Å². The molecule has 128 valence electrons. The van der Waals surface area contributed by atoms with Crippen LogP contribution in [0.2, 0.25) is 0 Å². The Balaban J connectivity index is 2.94. The standard InChI is InChI=1S/C18H29N3O2/c1-6-18(7-2,11-19)17(23)21-14-8-9-15(13(5)10-14)16(22)20-12(3)4/h8-10,12H,6-7,11,19H2,1-5H3,(H,20,22)(H,21,23). The predicted molar refractivity (Wildman–Crippen MR) is 94.5 cm³/mol. The monoisotopic (exact) mass is 319 g/mol. The molecule has 0 saturated heterocycles. The van der Waals surface area contributed by atoms with Gasteiger partial charge in [0.15, 0.2) is 0 Å². The van der Waals surface area contributed by atoms with Gasteiger partial charge in [0.2, 0.25) is 5.91 Å². The van der Waals surface area contributed by atoms with Gasteiger partial charge in [-0.15, -0.1) is 0 Å². The summed E-state index contributed by atoms with van der Waals surface area (Å²) in [5.74, 6) is -0.169. The molecule has 0 saturated carbocycles. The maximum atomic E-state index is 12.5. The summed E-state index contributed by atoms with van der Waals surface area (Å²) in [5.41, 5.74) is 7.40. The molecule has 2 amide bonds. The van der Waals surface area contributed by atoms with Gasteiger partial charge >= 0.3 is 0 Å². The van der Waals surface area contributed by atoms with Crippen LogP contribution in [-0.4, -0.2) is 24.4 Å². The number of hydrogen-bond acceptors (Lipinski definition) is 3. The number of nitrogens with one attached hydrogen (secondary N) is 2. The summed E-state index contributed by atoms with van der Waals surface area (Å²) in [6.07, 6.45) is 1.39. The SMILES string of the molecule is CCC(CC)(CN)C(=O)Nc1ccc(C(=O)NC(C)C)c(C)c1. The van der Waals surface area contributed by atoms with Gasteiger partial charge in [-0.3, -0.25) is 9.59 Å². The second-order valence-electron chi connectivity index (χ2n) is 6.30. The van der Waals surface area contributed by atoms with E-state index in [-0.39, 0.29) is 17.9 Å². The number of benzene rings is 1. The molecule has 0 unspecified atom stereocenters. The molecule has 0 bridgehead atoms. The van der Waals surface area contributed by atoms with Gasteiger partial charge in [-0.25, -0.2) is 0 Å². The van der Waals surface area contributed by atoms with Gasteiger partial charge in [-0.1, -0.05) is 13.8 Å². The van der Waals surface area contributed by atoms with Crippen molar-refractivity contribution < 1.29 is 9.59 Å². The van der Waals surface area contributed by atoms with E-state index in [1.807, 2.05) is 40.7 Å². The molecule has 5 nitrogen and oxygen atoms in total. The van der Waals surface area contributed by atoms with Crippen molar-refractivity contribution in [2.24, 2.45) is 11.1 Å². The van der Waals surface area contributed by atoms with E-state index in [0.717, 1.165) is 5.56 Å². The molecule has 23 heavy (non-hydrogen) atoms. The molecule has 1 rings (SSSR count). The lowest BCUT2D eigenvalue weighted by molar-refractivity contribution is -0.125. The second kappa shape index (κ2) is 8.11. The van der Waals surface area contributed by atoms with Crippen LogP contribution in [0.15, 0.2) is 18.2 Å². The van der Waals surface area contributed by atoms with E-state index in [2.05, 4.69) is 10.6 Å². The minimum atomic E-state index is -0.540. The number of amides is 2. The fraction of sp³-hybridized carbons (Fsp3) is 0.556. The molecule has 0 heterocycles. The molecule has 1 aromatic carbocycles. The zero-order chi connectivity index (χ0) is 17.6. The Labute approximate surface area is 139 Å². The molecule has 0 aliphatic rings. The van der Waals surface area contributed by atoms with Gasteiger partial charge in [0.05, 0.1) is 5.41 Å². The van der Waals surface area contributed by atoms with E-state index < -0.39 is 5.41 Å². The molecule has 0 aliphatic carbocycles. The molecule has 0 spiro atoms. The lowest BCUT2D eigenvalue weighted by Crippen LogP contribution is -2.41. The van der Waals surface area contributed by atoms with Gasteiger partial charge in [-0.05, 0) is 57.4 Å². The Kier molecular flexibility index (Phi) is 6.76. The Morgan fingerprint density at radius 2 is 1.83 bits per heavy atom. The minimum absolute atomic E-state index is 0.0659. The molecule has 0 aliphatic heterocycles. The van der Waals surface area contributed by atoms with Gasteiger partial charge in [0.1, 0.15) is 0 Å². The average Bonchev–Trinajstić information content (AvgIpc) is 2.48. The summed E-state index contributed by atoms with van der Waals surface area (Å²) in [7, 11) is 0. The van der Waals surface area contributed by atoms with Gasteiger partial charge in [0, 0.05) is 23.8 Å². The smallest absolute Gasteiger partial charge is 0.251 e. The molecule has 0 atom stereocenters. The van der Waals surface area contributed by atoms with E-state index in [0.29, 0.717) is 30.6 Å². The van der Waals surface area contributed by atoms with E-state index in [1.165, 1.54) is 0 Å². The molecule has 0 aromatic heterocycles. The van der Waals surface area contributed by atoms with Crippen LogP contribution in [0.1, 0.15) is 56.5 Å². The molecule has 0 radical (unpaired) electrons. The first-order valence-corrected chi connectivity index (χ1v) is 8.22. The highest BCUT2D eigenvalue weighted by Gasteiger charge is 2.33. The Hall–Kier alpha value is -1.88. The van der Waals surface area contributed by atoms with Gasteiger partial charge in [-0.2, -0.15) is 0 Å². The Bertz CT molecular complexity index is 555. The third-order valence-corrected chi connectivity index (χ3v) is 4.37. The average molecular weight is 319 g/mol. The summed E-state index contributed by atoms with van der Waals surface area (Å²) < 4.78 is 0. The van der Waals surface area contributed by atoms with Crippen molar-refractivity contribution in [3.8, 4) is 0 Å². The van der Waals surface area contributed by atoms with Crippen molar-refractivity contribution in [2.75, 3.05) is 11.9 Å². The fourth-order valence-electron chi connectivity index (χ4n) is 2.55. The normalized spacial score (nSPS) is 11.4. The summed E-state index contributed by atoms with van der Waals surface area (Å²) in [6, 6.07) is 5.40. The number of aryl methyl sites for hydroxylation is 1. The summed E-state index contributed by atoms with van der Waals surface area (Å²) >= 11 is 0. The fourth-order valence-corrected chi connectivity index (χ4v) is 2.55. The van der Waals surface area contributed by atoms with Gasteiger partial charge in [0.25, 0.3) is 5.91 Å². The first-order chi connectivity index (χ1) is 10.8. The lowest BCUT2D eigenvalue weighted by atomic mass is 9.81. The highest BCUT2D eigenvalue weighted by Crippen LogP contribution is 2.27. The van der Waals surface area contributed by atoms with E-state index >= 15 is 0 Å². The quantitative estimate of drug-likeness (QED) is 0.722. The van der Waals surface area contributed by atoms with E-state index in [9.17, 15) is 9.59 Å². The third-order valence-electron chi connectivity index (χ3n) is 4.37. The molecule has 5 heteroatoms. The van der Waals surface area contributed by atoms with Crippen LogP contribution in [0.5, 0.6) is 0 Å².